The van der Waals surface area contributed by atoms with E-state index in [1.807, 2.05) is 6.92 Å². The molecule has 0 aliphatic rings. The van der Waals surface area contributed by atoms with E-state index in [1.54, 1.807) is 25.1 Å². The van der Waals surface area contributed by atoms with Gasteiger partial charge in [-0.1, -0.05) is 17.7 Å². The van der Waals surface area contributed by atoms with Crippen molar-refractivity contribution in [2.45, 2.75) is 20.0 Å². The highest BCUT2D eigenvalue weighted by Crippen LogP contribution is 2.49. The fourth-order valence-electron chi connectivity index (χ4n) is 2.96. The van der Waals surface area contributed by atoms with Crippen LogP contribution in [-0.4, -0.2) is 28.4 Å². The molecule has 160 valence electrons. The number of anilines is 1. The number of nitrogens with one attached hydrogen (secondary N) is 2. The van der Waals surface area contributed by atoms with Crippen LogP contribution in [0.2, 0.25) is 0 Å². The summed E-state index contributed by atoms with van der Waals surface area (Å²) in [5, 5.41) is 17.9. The first-order valence-electron chi connectivity index (χ1n) is 8.46. The number of aromatic carboxylic acids is 1. The minimum atomic E-state index is -4.73. The highest BCUT2D eigenvalue weighted by atomic mass is 32.1. The lowest BCUT2D eigenvalue weighted by Gasteiger charge is -2.20. The van der Waals surface area contributed by atoms with E-state index in [9.17, 15) is 27.6 Å². The van der Waals surface area contributed by atoms with Crippen molar-refractivity contribution in [3.8, 4) is 10.4 Å². The molecule has 3 rings (SSSR count). The van der Waals surface area contributed by atoms with Gasteiger partial charge in [-0.15, -0.1) is 11.3 Å². The number of hydrogen-bond donors (Lipinski definition) is 3. The Morgan fingerprint density at radius 3 is 2.57 bits per heavy atom. The fraction of sp³-hybridized carbons (Fsp3) is 0.222. The molecule has 3 N–H and O–H groups in total. The van der Waals surface area contributed by atoms with E-state index in [2.05, 4.69) is 15.3 Å². The minimum Gasteiger partial charge on any atom is -0.477 e. The maximum Gasteiger partial charge on any atom is 0.435 e. The lowest BCUT2D eigenvalue weighted by molar-refractivity contribution is -0.140. The van der Waals surface area contributed by atoms with Gasteiger partial charge in [0.05, 0.1) is 11.0 Å². The smallest absolute Gasteiger partial charge is 0.435 e. The molecule has 0 saturated heterocycles. The number of carbonyl (C=O) groups is 1. The zero-order valence-electron chi connectivity index (χ0n) is 16.0. The van der Waals surface area contributed by atoms with Gasteiger partial charge in [0, 0.05) is 23.7 Å². The first-order chi connectivity index (χ1) is 14.0. The zero-order chi connectivity index (χ0) is 22.3. The quantitative estimate of drug-likeness (QED) is 0.446. The zero-order valence-corrected chi connectivity index (χ0v) is 17.7. The standard InChI is InChI=1S/C18H17F3N3O4PS/c1-9-4-5-13(10(2)6-9)29(27,28-3)24-12-7-14(30-15(12)17(25)26)11-8-22-23-16(11)18(19,20)21/h4-8H,1-3H3,(H,22,23)(H,24,27)(H,25,26). The molecular weight excluding hydrogens is 442 g/mol. The van der Waals surface area contributed by atoms with E-state index in [4.69, 9.17) is 4.52 Å². The Hall–Kier alpha value is -2.62. The normalized spacial score (nSPS) is 13.8. The van der Waals surface area contributed by atoms with Crippen molar-refractivity contribution in [1.29, 1.82) is 0 Å². The Bertz CT molecular complexity index is 1160. The summed E-state index contributed by atoms with van der Waals surface area (Å²) < 4.78 is 58.2. The van der Waals surface area contributed by atoms with Gasteiger partial charge < -0.3 is 14.7 Å². The van der Waals surface area contributed by atoms with Crippen LogP contribution in [0.3, 0.4) is 0 Å². The van der Waals surface area contributed by atoms with Crippen LogP contribution in [0.25, 0.3) is 10.4 Å². The lowest BCUT2D eigenvalue weighted by atomic mass is 10.2. The Kier molecular flexibility index (Phi) is 5.81. The van der Waals surface area contributed by atoms with E-state index < -0.39 is 25.4 Å². The fourth-order valence-corrected chi connectivity index (χ4v) is 5.70. The largest absolute Gasteiger partial charge is 0.477 e. The number of carboxylic acids is 1. The SMILES string of the molecule is COP(=O)(Nc1cc(-c2c[nH]nc2C(F)(F)F)sc1C(=O)O)c1ccc(C)cc1C. The summed E-state index contributed by atoms with van der Waals surface area (Å²) in [4.78, 5) is 11.4. The summed E-state index contributed by atoms with van der Waals surface area (Å²) in [6.45, 7) is 3.59. The van der Waals surface area contributed by atoms with Gasteiger partial charge in [0.25, 0.3) is 0 Å². The van der Waals surface area contributed by atoms with Crippen LogP contribution in [0.1, 0.15) is 26.5 Å². The maximum atomic E-state index is 13.5. The molecule has 0 fully saturated rings. The molecule has 30 heavy (non-hydrogen) atoms. The minimum absolute atomic E-state index is 0.000689. The molecule has 0 radical (unpaired) electrons. The number of hydrogen-bond acceptors (Lipinski definition) is 5. The number of halogens is 3. The summed E-state index contributed by atoms with van der Waals surface area (Å²) in [7, 11) is -2.55. The molecule has 0 spiro atoms. The van der Waals surface area contributed by atoms with Crippen molar-refractivity contribution in [1.82, 2.24) is 10.2 Å². The monoisotopic (exact) mass is 459 g/mol. The van der Waals surface area contributed by atoms with Gasteiger partial charge in [0.1, 0.15) is 4.88 Å². The number of aromatic nitrogens is 2. The van der Waals surface area contributed by atoms with E-state index in [0.717, 1.165) is 11.8 Å². The van der Waals surface area contributed by atoms with Crippen LogP contribution >= 0.6 is 18.9 Å². The number of aromatic amines is 1. The first kappa shape index (κ1) is 22.1. The highest BCUT2D eigenvalue weighted by molar-refractivity contribution is 7.68. The third-order valence-corrected chi connectivity index (χ3v) is 7.64. The average Bonchev–Trinajstić information content (AvgIpc) is 3.27. The number of aryl methyl sites for hydroxylation is 2. The van der Waals surface area contributed by atoms with Crippen LogP contribution in [0.4, 0.5) is 18.9 Å². The second kappa shape index (κ2) is 7.90. The molecule has 1 atom stereocenters. The van der Waals surface area contributed by atoms with Gasteiger partial charge in [-0.05, 0) is 31.5 Å². The van der Waals surface area contributed by atoms with E-state index >= 15 is 0 Å². The molecule has 0 aliphatic heterocycles. The van der Waals surface area contributed by atoms with Gasteiger partial charge >= 0.3 is 19.7 Å². The lowest BCUT2D eigenvalue weighted by Crippen LogP contribution is -2.17. The van der Waals surface area contributed by atoms with Crippen molar-refractivity contribution >= 4 is 35.8 Å². The molecule has 0 amide bonds. The Morgan fingerprint density at radius 1 is 1.30 bits per heavy atom. The van der Waals surface area contributed by atoms with Gasteiger partial charge in [0.15, 0.2) is 5.69 Å². The summed E-state index contributed by atoms with van der Waals surface area (Å²) in [5.74, 6) is -1.38. The van der Waals surface area contributed by atoms with Crippen LogP contribution in [0.5, 0.6) is 0 Å². The third-order valence-electron chi connectivity index (χ3n) is 4.29. The van der Waals surface area contributed by atoms with Crippen LogP contribution in [-0.2, 0) is 15.3 Å². The van der Waals surface area contributed by atoms with Crippen molar-refractivity contribution in [3.63, 3.8) is 0 Å². The molecule has 2 aromatic heterocycles. The Labute approximate surface area is 173 Å². The van der Waals surface area contributed by atoms with Gasteiger partial charge in [0.2, 0.25) is 0 Å². The Morgan fingerprint density at radius 2 is 2.00 bits per heavy atom. The summed E-state index contributed by atoms with van der Waals surface area (Å²) in [5.41, 5.74) is 0.0112. The second-order valence-electron chi connectivity index (χ2n) is 6.44. The number of carboxylic acid groups (broad SMARTS) is 1. The van der Waals surface area contributed by atoms with Crippen molar-refractivity contribution in [2.24, 2.45) is 0 Å². The highest BCUT2D eigenvalue weighted by Gasteiger charge is 2.38. The van der Waals surface area contributed by atoms with Gasteiger partial charge in [-0.3, -0.25) is 9.66 Å². The number of nitrogens with zero attached hydrogens (tertiary/aromatic N) is 1. The van der Waals surface area contributed by atoms with Gasteiger partial charge in [-0.2, -0.15) is 18.3 Å². The van der Waals surface area contributed by atoms with Crippen molar-refractivity contribution in [2.75, 3.05) is 12.2 Å². The predicted molar refractivity (Wildman–Crippen MR) is 108 cm³/mol. The molecule has 1 unspecified atom stereocenters. The molecule has 0 aliphatic carbocycles. The van der Waals surface area contributed by atoms with Crippen molar-refractivity contribution in [3.05, 3.63) is 52.2 Å². The van der Waals surface area contributed by atoms with Crippen molar-refractivity contribution < 1.29 is 32.2 Å². The third kappa shape index (κ3) is 4.14. The molecule has 1 aromatic carbocycles. The summed E-state index contributed by atoms with van der Waals surface area (Å²) in [6, 6.07) is 6.33. The Balaban J connectivity index is 2.09. The number of alkyl halides is 3. The summed E-state index contributed by atoms with van der Waals surface area (Å²) >= 11 is 0.610. The molecular formula is C18H17F3N3O4PS. The maximum absolute atomic E-state index is 13.5. The van der Waals surface area contributed by atoms with E-state index in [-0.39, 0.29) is 21.0 Å². The molecule has 3 aromatic rings. The molecule has 0 saturated carbocycles. The van der Waals surface area contributed by atoms with E-state index in [1.165, 1.54) is 13.2 Å². The van der Waals surface area contributed by atoms with Crippen LogP contribution in [0, 0.1) is 13.8 Å². The van der Waals surface area contributed by atoms with Crippen LogP contribution in [0.15, 0.2) is 30.5 Å². The molecule has 12 heteroatoms. The number of H-pyrrole nitrogens is 1. The molecule has 2 heterocycles. The number of rotatable bonds is 6. The topological polar surface area (TPSA) is 104 Å². The first-order valence-corrected chi connectivity index (χ1v) is 10.9. The number of thiophene rings is 1. The average molecular weight is 459 g/mol. The van der Waals surface area contributed by atoms with E-state index in [0.29, 0.717) is 22.2 Å². The number of benzene rings is 1. The predicted octanol–water partition coefficient (Wildman–Crippen LogP) is 5.05. The second-order valence-corrected chi connectivity index (χ2v) is 9.67. The molecule has 7 nitrogen and oxygen atoms in total. The van der Waals surface area contributed by atoms with Crippen LogP contribution < -0.4 is 10.4 Å². The van der Waals surface area contributed by atoms with Gasteiger partial charge in [-0.25, -0.2) is 4.79 Å². The molecule has 0 bridgehead atoms. The summed E-state index contributed by atoms with van der Waals surface area (Å²) in [6.07, 6.45) is -3.69.